The second-order valence-corrected chi connectivity index (χ2v) is 7.39. The van der Waals surface area contributed by atoms with E-state index in [-0.39, 0.29) is 6.54 Å². The average Bonchev–Trinajstić information content (AvgIpc) is 3.26. The van der Waals surface area contributed by atoms with Gasteiger partial charge in [-0.05, 0) is 49.9 Å². The predicted octanol–water partition coefficient (Wildman–Crippen LogP) is 0.798. The first-order valence-corrected chi connectivity index (χ1v) is 8.77. The van der Waals surface area contributed by atoms with Crippen LogP contribution in [0.2, 0.25) is 0 Å². The van der Waals surface area contributed by atoms with Crippen molar-refractivity contribution < 1.29 is 8.42 Å². The van der Waals surface area contributed by atoms with E-state index in [0.717, 1.165) is 24.1 Å². The maximum Gasteiger partial charge on any atom is 0.279 e. The Bertz CT molecular complexity index is 558. The minimum atomic E-state index is -3.43. The lowest BCUT2D eigenvalue weighted by atomic mass is 10.2. The molecule has 0 bridgehead atoms. The van der Waals surface area contributed by atoms with E-state index in [0.29, 0.717) is 12.6 Å². The van der Waals surface area contributed by atoms with Gasteiger partial charge in [-0.1, -0.05) is 0 Å². The SMILES string of the molecule is Cc1ccncc1CNS(=O)(=O)N(C)CCCNC1CC1. The van der Waals surface area contributed by atoms with Gasteiger partial charge in [0, 0.05) is 38.6 Å². The van der Waals surface area contributed by atoms with Crippen LogP contribution in [0.15, 0.2) is 18.5 Å². The molecule has 0 aromatic carbocycles. The molecule has 1 aromatic heterocycles. The molecule has 118 valence electrons. The number of aryl methyl sites for hydroxylation is 1. The maximum absolute atomic E-state index is 12.1. The van der Waals surface area contributed by atoms with Gasteiger partial charge in [-0.2, -0.15) is 17.4 Å². The maximum atomic E-state index is 12.1. The lowest BCUT2D eigenvalue weighted by molar-refractivity contribution is 0.444. The first kappa shape index (κ1) is 16.4. The molecule has 1 aliphatic carbocycles. The molecular formula is C14H24N4O2S. The first-order chi connectivity index (χ1) is 9.99. The Kier molecular flexibility index (Phi) is 5.69. The molecule has 0 saturated heterocycles. The predicted molar refractivity (Wildman–Crippen MR) is 83.0 cm³/mol. The molecule has 7 heteroatoms. The van der Waals surface area contributed by atoms with Crippen molar-refractivity contribution >= 4 is 10.2 Å². The van der Waals surface area contributed by atoms with Crippen molar-refractivity contribution in [2.45, 2.75) is 38.8 Å². The Morgan fingerprint density at radius 2 is 2.19 bits per heavy atom. The van der Waals surface area contributed by atoms with Crippen molar-refractivity contribution in [3.05, 3.63) is 29.6 Å². The third-order valence-electron chi connectivity index (χ3n) is 3.66. The molecule has 21 heavy (non-hydrogen) atoms. The molecule has 1 saturated carbocycles. The second-order valence-electron chi connectivity index (χ2n) is 5.53. The first-order valence-electron chi connectivity index (χ1n) is 7.33. The van der Waals surface area contributed by atoms with Gasteiger partial charge in [-0.15, -0.1) is 0 Å². The van der Waals surface area contributed by atoms with E-state index in [1.54, 1.807) is 19.4 Å². The summed E-state index contributed by atoms with van der Waals surface area (Å²) in [5.74, 6) is 0. The summed E-state index contributed by atoms with van der Waals surface area (Å²) >= 11 is 0. The lowest BCUT2D eigenvalue weighted by Gasteiger charge is -2.18. The normalized spacial score (nSPS) is 15.6. The number of aromatic nitrogens is 1. The molecule has 0 aliphatic heterocycles. The van der Waals surface area contributed by atoms with E-state index in [1.807, 2.05) is 13.0 Å². The Morgan fingerprint density at radius 3 is 2.86 bits per heavy atom. The van der Waals surface area contributed by atoms with Crippen LogP contribution >= 0.6 is 0 Å². The quantitative estimate of drug-likeness (QED) is 0.662. The van der Waals surface area contributed by atoms with Gasteiger partial charge in [0.25, 0.3) is 10.2 Å². The van der Waals surface area contributed by atoms with E-state index >= 15 is 0 Å². The monoisotopic (exact) mass is 312 g/mol. The van der Waals surface area contributed by atoms with Gasteiger partial charge in [0.1, 0.15) is 0 Å². The van der Waals surface area contributed by atoms with Crippen LogP contribution < -0.4 is 10.0 Å². The molecule has 0 amide bonds. The largest absolute Gasteiger partial charge is 0.314 e. The zero-order valence-corrected chi connectivity index (χ0v) is 13.5. The summed E-state index contributed by atoms with van der Waals surface area (Å²) in [6.07, 6.45) is 6.71. The van der Waals surface area contributed by atoms with Gasteiger partial charge in [0.05, 0.1) is 0 Å². The zero-order chi connectivity index (χ0) is 15.3. The fourth-order valence-corrected chi connectivity index (χ4v) is 2.90. The van der Waals surface area contributed by atoms with E-state index in [2.05, 4.69) is 15.0 Å². The molecule has 2 rings (SSSR count). The Hall–Kier alpha value is -1.02. The van der Waals surface area contributed by atoms with Gasteiger partial charge in [-0.3, -0.25) is 4.98 Å². The van der Waals surface area contributed by atoms with E-state index < -0.39 is 10.2 Å². The summed E-state index contributed by atoms with van der Waals surface area (Å²) in [7, 11) is -1.83. The molecule has 1 aromatic rings. The summed E-state index contributed by atoms with van der Waals surface area (Å²) in [4.78, 5) is 4.02. The fourth-order valence-electron chi connectivity index (χ4n) is 1.98. The number of pyridine rings is 1. The van der Waals surface area contributed by atoms with Crippen LogP contribution in [-0.4, -0.2) is 43.9 Å². The smallest absolute Gasteiger partial charge is 0.279 e. The second kappa shape index (κ2) is 7.31. The van der Waals surface area contributed by atoms with Gasteiger partial charge in [0.2, 0.25) is 0 Å². The number of hydrogen-bond acceptors (Lipinski definition) is 4. The van der Waals surface area contributed by atoms with Gasteiger partial charge in [0.15, 0.2) is 0 Å². The highest BCUT2D eigenvalue weighted by Crippen LogP contribution is 2.18. The third kappa shape index (κ3) is 5.35. The molecule has 6 nitrogen and oxygen atoms in total. The van der Waals surface area contributed by atoms with Crippen LogP contribution in [-0.2, 0) is 16.8 Å². The number of rotatable bonds is 9. The van der Waals surface area contributed by atoms with Crippen LogP contribution in [0, 0.1) is 6.92 Å². The summed E-state index contributed by atoms with van der Waals surface area (Å²) < 4.78 is 28.2. The van der Waals surface area contributed by atoms with E-state index in [1.165, 1.54) is 17.1 Å². The molecular weight excluding hydrogens is 288 g/mol. The molecule has 0 atom stereocenters. The molecule has 1 aliphatic rings. The topological polar surface area (TPSA) is 74.3 Å². The lowest BCUT2D eigenvalue weighted by Crippen LogP contribution is -2.39. The molecule has 0 unspecified atom stereocenters. The van der Waals surface area contributed by atoms with Gasteiger partial charge < -0.3 is 5.32 Å². The molecule has 2 N–H and O–H groups in total. The third-order valence-corrected chi connectivity index (χ3v) is 5.18. The minimum absolute atomic E-state index is 0.271. The van der Waals surface area contributed by atoms with Crippen LogP contribution in [0.5, 0.6) is 0 Å². The molecule has 0 spiro atoms. The number of nitrogens with zero attached hydrogens (tertiary/aromatic N) is 2. The van der Waals surface area contributed by atoms with Crippen LogP contribution in [0.3, 0.4) is 0 Å². The summed E-state index contributed by atoms with van der Waals surface area (Å²) in [6, 6.07) is 2.54. The Morgan fingerprint density at radius 1 is 1.43 bits per heavy atom. The minimum Gasteiger partial charge on any atom is -0.314 e. The van der Waals surface area contributed by atoms with Gasteiger partial charge in [-0.25, -0.2) is 0 Å². The van der Waals surface area contributed by atoms with Crippen LogP contribution in [0.25, 0.3) is 0 Å². The van der Waals surface area contributed by atoms with Gasteiger partial charge >= 0.3 is 0 Å². The van der Waals surface area contributed by atoms with Crippen LogP contribution in [0.1, 0.15) is 30.4 Å². The highest BCUT2D eigenvalue weighted by Gasteiger charge is 2.20. The molecule has 1 fully saturated rings. The highest BCUT2D eigenvalue weighted by molar-refractivity contribution is 7.87. The van der Waals surface area contributed by atoms with Crippen molar-refractivity contribution in [2.75, 3.05) is 20.1 Å². The zero-order valence-electron chi connectivity index (χ0n) is 12.7. The molecule has 0 radical (unpaired) electrons. The van der Waals surface area contributed by atoms with Crippen molar-refractivity contribution in [1.82, 2.24) is 19.3 Å². The van der Waals surface area contributed by atoms with E-state index in [4.69, 9.17) is 0 Å². The Balaban J connectivity index is 1.75. The number of nitrogens with one attached hydrogen (secondary N) is 2. The highest BCUT2D eigenvalue weighted by atomic mass is 32.2. The standard InChI is InChI=1S/C14H24N4O2S/c1-12-6-8-15-10-13(12)11-17-21(19,20)18(2)9-3-7-16-14-4-5-14/h6,8,10,14,16-17H,3-5,7,9,11H2,1-2H3. The van der Waals surface area contributed by atoms with Crippen molar-refractivity contribution in [2.24, 2.45) is 0 Å². The van der Waals surface area contributed by atoms with E-state index in [9.17, 15) is 8.42 Å². The summed E-state index contributed by atoms with van der Waals surface area (Å²) in [6.45, 7) is 3.60. The summed E-state index contributed by atoms with van der Waals surface area (Å²) in [5, 5.41) is 3.38. The fraction of sp³-hybridized carbons (Fsp3) is 0.643. The molecule has 1 heterocycles. The average molecular weight is 312 g/mol. The van der Waals surface area contributed by atoms with Crippen molar-refractivity contribution in [3.63, 3.8) is 0 Å². The van der Waals surface area contributed by atoms with Crippen molar-refractivity contribution in [3.8, 4) is 0 Å². The summed E-state index contributed by atoms with van der Waals surface area (Å²) in [5.41, 5.74) is 1.92. The number of hydrogen-bond donors (Lipinski definition) is 2. The van der Waals surface area contributed by atoms with Crippen LogP contribution in [0.4, 0.5) is 0 Å². The Labute approximate surface area is 127 Å². The van der Waals surface area contributed by atoms with Crippen molar-refractivity contribution in [1.29, 1.82) is 0 Å².